The largest absolute Gasteiger partial charge is 0.362 e. The van der Waals surface area contributed by atoms with E-state index in [9.17, 15) is 0 Å². The second kappa shape index (κ2) is 3.90. The van der Waals surface area contributed by atoms with Gasteiger partial charge in [-0.2, -0.15) is 0 Å². The monoisotopic (exact) mass is 172 g/mol. The van der Waals surface area contributed by atoms with Crippen LogP contribution in [0.15, 0.2) is 0 Å². The summed E-state index contributed by atoms with van der Waals surface area (Å²) in [4.78, 5) is 2.25. The Balaban J connectivity index is 2.36. The fourth-order valence-electron chi connectivity index (χ4n) is 1.29. The van der Waals surface area contributed by atoms with Gasteiger partial charge in [0.15, 0.2) is 5.11 Å². The fourth-order valence-corrected chi connectivity index (χ4v) is 1.56. The van der Waals surface area contributed by atoms with Crippen molar-refractivity contribution in [2.24, 2.45) is 5.92 Å². The standard InChI is InChI=1S/C8H16N2S/c1-7(2)6-10-5-3-4-9-8(10)11/h7H,3-6H2,1-2H3,(H,9,11). The maximum atomic E-state index is 5.16. The van der Waals surface area contributed by atoms with E-state index in [0.29, 0.717) is 5.92 Å². The van der Waals surface area contributed by atoms with E-state index in [4.69, 9.17) is 12.2 Å². The molecular weight excluding hydrogens is 156 g/mol. The summed E-state index contributed by atoms with van der Waals surface area (Å²) in [6, 6.07) is 0. The molecule has 0 atom stereocenters. The third-order valence-corrected chi connectivity index (χ3v) is 2.16. The average molecular weight is 172 g/mol. The summed E-state index contributed by atoms with van der Waals surface area (Å²) in [5.41, 5.74) is 0. The minimum absolute atomic E-state index is 0.702. The summed E-state index contributed by atoms with van der Waals surface area (Å²) in [6.07, 6.45) is 1.22. The molecule has 0 amide bonds. The van der Waals surface area contributed by atoms with Crippen LogP contribution in [0.1, 0.15) is 20.3 Å². The minimum atomic E-state index is 0.702. The van der Waals surface area contributed by atoms with Crippen LogP contribution in [0.4, 0.5) is 0 Å². The van der Waals surface area contributed by atoms with Gasteiger partial charge in [-0.05, 0) is 24.6 Å². The van der Waals surface area contributed by atoms with Crippen molar-refractivity contribution in [3.63, 3.8) is 0 Å². The van der Waals surface area contributed by atoms with Gasteiger partial charge in [0.25, 0.3) is 0 Å². The van der Waals surface area contributed by atoms with Crippen LogP contribution in [0.3, 0.4) is 0 Å². The number of nitrogens with zero attached hydrogens (tertiary/aromatic N) is 1. The van der Waals surface area contributed by atoms with Gasteiger partial charge in [-0.25, -0.2) is 0 Å². The van der Waals surface area contributed by atoms with E-state index in [1.54, 1.807) is 0 Å². The van der Waals surface area contributed by atoms with Crippen LogP contribution in [-0.2, 0) is 0 Å². The normalized spacial score (nSPS) is 18.8. The van der Waals surface area contributed by atoms with Crippen molar-refractivity contribution in [1.82, 2.24) is 10.2 Å². The van der Waals surface area contributed by atoms with E-state index in [1.807, 2.05) is 0 Å². The number of thiocarbonyl (C=S) groups is 1. The second-order valence-electron chi connectivity index (χ2n) is 3.43. The van der Waals surface area contributed by atoms with Crippen LogP contribution in [0, 0.1) is 5.92 Å². The molecule has 0 bridgehead atoms. The van der Waals surface area contributed by atoms with E-state index < -0.39 is 0 Å². The molecule has 1 fully saturated rings. The quantitative estimate of drug-likeness (QED) is 0.631. The predicted octanol–water partition coefficient (Wildman–Crippen LogP) is 1.22. The van der Waals surface area contributed by atoms with Gasteiger partial charge in [-0.1, -0.05) is 13.8 Å². The highest BCUT2D eigenvalue weighted by atomic mass is 32.1. The summed E-state index contributed by atoms with van der Waals surface area (Å²) in [5, 5.41) is 4.13. The van der Waals surface area contributed by atoms with Crippen LogP contribution in [-0.4, -0.2) is 29.6 Å². The first-order chi connectivity index (χ1) is 5.20. The van der Waals surface area contributed by atoms with Crippen molar-refractivity contribution >= 4 is 17.3 Å². The first-order valence-corrected chi connectivity index (χ1v) is 4.63. The summed E-state index contributed by atoms with van der Waals surface area (Å²) < 4.78 is 0. The van der Waals surface area contributed by atoms with Crippen LogP contribution in [0.25, 0.3) is 0 Å². The number of nitrogens with one attached hydrogen (secondary N) is 1. The van der Waals surface area contributed by atoms with Crippen LogP contribution in [0.2, 0.25) is 0 Å². The maximum Gasteiger partial charge on any atom is 0.168 e. The Morgan fingerprint density at radius 3 is 2.91 bits per heavy atom. The van der Waals surface area contributed by atoms with Crippen molar-refractivity contribution in [3.05, 3.63) is 0 Å². The molecule has 0 unspecified atom stereocenters. The molecule has 11 heavy (non-hydrogen) atoms. The van der Waals surface area contributed by atoms with Gasteiger partial charge >= 0.3 is 0 Å². The Morgan fingerprint density at radius 1 is 1.64 bits per heavy atom. The molecule has 1 aliphatic rings. The third kappa shape index (κ3) is 2.66. The van der Waals surface area contributed by atoms with E-state index in [1.165, 1.54) is 6.42 Å². The van der Waals surface area contributed by atoms with Gasteiger partial charge in [0.05, 0.1) is 0 Å². The van der Waals surface area contributed by atoms with E-state index in [2.05, 4.69) is 24.1 Å². The molecule has 0 aromatic heterocycles. The van der Waals surface area contributed by atoms with Crippen LogP contribution in [0.5, 0.6) is 0 Å². The molecule has 1 heterocycles. The summed E-state index contributed by atoms with van der Waals surface area (Å²) in [6.45, 7) is 7.71. The van der Waals surface area contributed by atoms with Gasteiger partial charge in [-0.15, -0.1) is 0 Å². The third-order valence-electron chi connectivity index (χ3n) is 1.75. The van der Waals surface area contributed by atoms with Crippen LogP contribution >= 0.6 is 12.2 Å². The molecule has 1 rings (SSSR count). The van der Waals surface area contributed by atoms with Crippen molar-refractivity contribution in [2.45, 2.75) is 20.3 Å². The lowest BCUT2D eigenvalue weighted by Crippen LogP contribution is -2.47. The Bertz CT molecular complexity index is 145. The molecular formula is C8H16N2S. The SMILES string of the molecule is CC(C)CN1CCCNC1=S. The van der Waals surface area contributed by atoms with Gasteiger partial charge in [-0.3, -0.25) is 0 Å². The molecule has 1 saturated heterocycles. The molecule has 1 aliphatic heterocycles. The Morgan fingerprint density at radius 2 is 2.36 bits per heavy atom. The summed E-state index contributed by atoms with van der Waals surface area (Å²) in [7, 11) is 0. The Hall–Kier alpha value is -0.310. The molecule has 0 aromatic rings. The molecule has 0 aliphatic carbocycles. The average Bonchev–Trinajstić information content (AvgIpc) is 1.93. The molecule has 1 N–H and O–H groups in total. The Kier molecular flexibility index (Phi) is 3.12. The summed E-state index contributed by atoms with van der Waals surface area (Å²) in [5.74, 6) is 0.702. The molecule has 3 heteroatoms. The van der Waals surface area contributed by atoms with Crippen LogP contribution < -0.4 is 5.32 Å². The van der Waals surface area contributed by atoms with E-state index in [0.717, 1.165) is 24.7 Å². The van der Waals surface area contributed by atoms with Crippen molar-refractivity contribution < 1.29 is 0 Å². The minimum Gasteiger partial charge on any atom is -0.362 e. The maximum absolute atomic E-state index is 5.16. The molecule has 0 radical (unpaired) electrons. The molecule has 0 spiro atoms. The molecule has 2 nitrogen and oxygen atoms in total. The lowest BCUT2D eigenvalue weighted by Gasteiger charge is -2.31. The molecule has 0 aromatic carbocycles. The van der Waals surface area contributed by atoms with Crippen molar-refractivity contribution in [2.75, 3.05) is 19.6 Å². The molecule has 64 valence electrons. The van der Waals surface area contributed by atoms with Gasteiger partial charge in [0, 0.05) is 19.6 Å². The highest BCUT2D eigenvalue weighted by molar-refractivity contribution is 7.80. The van der Waals surface area contributed by atoms with Gasteiger partial charge < -0.3 is 10.2 Å². The number of hydrogen-bond acceptors (Lipinski definition) is 1. The Labute approximate surface area is 74.0 Å². The number of hydrogen-bond donors (Lipinski definition) is 1. The van der Waals surface area contributed by atoms with Crippen molar-refractivity contribution in [1.29, 1.82) is 0 Å². The first-order valence-electron chi connectivity index (χ1n) is 4.23. The van der Waals surface area contributed by atoms with E-state index in [-0.39, 0.29) is 0 Å². The smallest absolute Gasteiger partial charge is 0.168 e. The molecule has 0 saturated carbocycles. The second-order valence-corrected chi connectivity index (χ2v) is 3.81. The van der Waals surface area contributed by atoms with Gasteiger partial charge in [0.1, 0.15) is 0 Å². The predicted molar refractivity (Wildman–Crippen MR) is 51.6 cm³/mol. The zero-order valence-corrected chi connectivity index (χ0v) is 8.08. The highest BCUT2D eigenvalue weighted by Crippen LogP contribution is 2.03. The zero-order chi connectivity index (χ0) is 8.27. The topological polar surface area (TPSA) is 15.3 Å². The zero-order valence-electron chi connectivity index (χ0n) is 7.26. The van der Waals surface area contributed by atoms with E-state index >= 15 is 0 Å². The highest BCUT2D eigenvalue weighted by Gasteiger charge is 2.13. The van der Waals surface area contributed by atoms with Crippen molar-refractivity contribution in [3.8, 4) is 0 Å². The van der Waals surface area contributed by atoms with Gasteiger partial charge in [0.2, 0.25) is 0 Å². The fraction of sp³-hybridized carbons (Fsp3) is 0.875. The first kappa shape index (κ1) is 8.78. The lowest BCUT2D eigenvalue weighted by molar-refractivity contribution is 0.335. The summed E-state index contributed by atoms with van der Waals surface area (Å²) >= 11 is 5.16. The lowest BCUT2D eigenvalue weighted by atomic mass is 10.2. The number of rotatable bonds is 2.